The van der Waals surface area contributed by atoms with Crippen molar-refractivity contribution in [2.24, 2.45) is 10.8 Å². The third kappa shape index (κ3) is 7.92. The molecule has 16 heteroatoms. The van der Waals surface area contributed by atoms with Crippen LogP contribution in [0.3, 0.4) is 0 Å². The molecule has 206 valence electrons. The van der Waals surface area contributed by atoms with Gasteiger partial charge in [-0.15, -0.1) is 0 Å². The lowest BCUT2D eigenvalue weighted by Gasteiger charge is -2.17. The molecule has 0 aliphatic carbocycles. The van der Waals surface area contributed by atoms with Gasteiger partial charge in [-0.1, -0.05) is 11.0 Å². The van der Waals surface area contributed by atoms with E-state index in [0.717, 1.165) is 0 Å². The normalized spacial score (nSPS) is 22.2. The summed E-state index contributed by atoms with van der Waals surface area (Å²) < 4.78 is 12.5. The molecule has 38 heavy (non-hydrogen) atoms. The predicted molar refractivity (Wildman–Crippen MR) is 140 cm³/mol. The Bertz CT molecular complexity index is 1150. The molecule has 1 aliphatic heterocycles. The number of aliphatic hydroxyl groups is 2. The molecule has 3 heterocycles. The summed E-state index contributed by atoms with van der Waals surface area (Å²) in [5, 5.41) is 28.3. The molecule has 3 rings (SSSR count). The van der Waals surface area contributed by atoms with E-state index < -0.39 is 30.8 Å². The van der Waals surface area contributed by atoms with Gasteiger partial charge in [0.2, 0.25) is 0 Å². The third-order valence-electron chi connectivity index (χ3n) is 5.79. The zero-order valence-corrected chi connectivity index (χ0v) is 21.7. The van der Waals surface area contributed by atoms with Crippen molar-refractivity contribution >= 4 is 34.3 Å². The zero-order valence-electron chi connectivity index (χ0n) is 20.9. The number of imidazole rings is 1. The highest BCUT2D eigenvalue weighted by Gasteiger charge is 2.47. The lowest BCUT2D eigenvalue weighted by Crippen LogP contribution is -2.53. The number of hydrogen-bond acceptors (Lipinski definition) is 11. The summed E-state index contributed by atoms with van der Waals surface area (Å²) in [6.07, 6.45) is -0.0770. The first kappa shape index (κ1) is 29.4. The molecule has 15 nitrogen and oxygen atoms in total. The van der Waals surface area contributed by atoms with Gasteiger partial charge in [-0.3, -0.25) is 15.1 Å². The van der Waals surface area contributed by atoms with Crippen LogP contribution in [0.5, 0.6) is 0 Å². The van der Waals surface area contributed by atoms with Crippen molar-refractivity contribution < 1.29 is 30.2 Å². The van der Waals surface area contributed by atoms with Gasteiger partial charge in [0.15, 0.2) is 35.2 Å². The first-order valence-corrected chi connectivity index (χ1v) is 13.9. The second-order valence-corrected chi connectivity index (χ2v) is 10.7. The summed E-state index contributed by atoms with van der Waals surface area (Å²) in [6, 6.07) is 0. The Kier molecular flexibility index (Phi) is 11.8. The minimum atomic E-state index is -1.21. The summed E-state index contributed by atoms with van der Waals surface area (Å²) in [4.78, 5) is 26.2. The number of nitrogens with one attached hydrogen (secondary N) is 1. The van der Waals surface area contributed by atoms with Crippen molar-refractivity contribution in [2.75, 3.05) is 42.2 Å². The van der Waals surface area contributed by atoms with Gasteiger partial charge in [0, 0.05) is 35.2 Å². The Morgan fingerprint density at radius 1 is 1.39 bits per heavy atom. The Morgan fingerprint density at radius 2 is 2.24 bits per heavy atom. The number of carbonyl (C=O) groups is 1. The minimum absolute atomic E-state index is 0.316. The molecule has 0 aromatic carbocycles. The molecular formula is C22H34N10O5S+2. The van der Waals surface area contributed by atoms with Crippen LogP contribution in [0.1, 0.15) is 25.5 Å². The summed E-state index contributed by atoms with van der Waals surface area (Å²) >= 11 is 0. The molecule has 2 unspecified atom stereocenters. The number of hydrogen-bond donors (Lipinski definition) is 5. The molecule has 0 saturated carbocycles. The topological polar surface area (TPSA) is 234 Å². The fourth-order valence-electron chi connectivity index (χ4n) is 3.86. The Balaban J connectivity index is 1.70. The van der Waals surface area contributed by atoms with Crippen molar-refractivity contribution in [1.29, 1.82) is 0 Å². The lowest BCUT2D eigenvalue weighted by atomic mass is 10.1. The van der Waals surface area contributed by atoms with E-state index in [1.54, 1.807) is 4.57 Å². The van der Waals surface area contributed by atoms with Crippen LogP contribution in [-0.2, 0) is 25.2 Å². The number of carbonyl (C=O) groups excluding carboxylic acids is 1. The number of quaternary nitrogens is 1. The predicted octanol–water partition coefficient (Wildman–Crippen LogP) is -1.34. The average molecular weight is 551 g/mol. The second kappa shape index (κ2) is 15.3. The number of aliphatic hydroxyl groups excluding tert-OH is 2. The van der Waals surface area contributed by atoms with Crippen molar-refractivity contribution in [3.8, 4) is 11.8 Å². The van der Waals surface area contributed by atoms with Crippen LogP contribution in [0.15, 0.2) is 17.8 Å². The summed E-state index contributed by atoms with van der Waals surface area (Å²) in [7, 11) is -0.373. The number of aromatic nitrogens is 4. The molecule has 0 spiro atoms. The number of azide groups is 1. The van der Waals surface area contributed by atoms with Gasteiger partial charge in [0.1, 0.15) is 36.1 Å². The van der Waals surface area contributed by atoms with E-state index in [0.29, 0.717) is 79.6 Å². The van der Waals surface area contributed by atoms with Crippen LogP contribution in [0.2, 0.25) is 0 Å². The Morgan fingerprint density at radius 3 is 3.00 bits per heavy atom. The smallest absolute Gasteiger partial charge is 0.294 e. The molecule has 1 aliphatic rings. The highest BCUT2D eigenvalue weighted by molar-refractivity contribution is 7.97. The van der Waals surface area contributed by atoms with Crippen LogP contribution >= 0.6 is 0 Å². The monoisotopic (exact) mass is 550 g/mol. The van der Waals surface area contributed by atoms with Crippen molar-refractivity contribution in [3.63, 3.8) is 0 Å². The molecule has 1 fully saturated rings. The first-order chi connectivity index (χ1) is 18.5. The van der Waals surface area contributed by atoms with Crippen LogP contribution in [0.4, 0.5) is 5.82 Å². The molecule has 1 saturated heterocycles. The van der Waals surface area contributed by atoms with Crippen molar-refractivity contribution in [1.82, 2.24) is 19.5 Å². The van der Waals surface area contributed by atoms with Gasteiger partial charge in [0.25, 0.3) is 6.47 Å². The molecule has 0 amide bonds. The number of rotatable bonds is 15. The number of fused-ring (bicyclic) bond motifs is 1. The largest absolute Gasteiger partial charge is 0.449 e. The highest BCUT2D eigenvalue weighted by atomic mass is 32.2. The van der Waals surface area contributed by atoms with Crippen LogP contribution in [0, 0.1) is 11.8 Å². The van der Waals surface area contributed by atoms with Crippen LogP contribution < -0.4 is 16.8 Å². The van der Waals surface area contributed by atoms with Crippen molar-refractivity contribution in [2.45, 2.75) is 50.0 Å². The summed E-state index contributed by atoms with van der Waals surface area (Å²) in [6.45, 7) is 1.98. The van der Waals surface area contributed by atoms with E-state index in [-0.39, 0.29) is 10.9 Å². The highest BCUT2D eigenvalue weighted by Crippen LogP contribution is 2.33. The molecule has 2 aromatic rings. The number of ether oxygens (including phenoxy) is 2. The Labute approximate surface area is 222 Å². The van der Waals surface area contributed by atoms with E-state index in [1.807, 2.05) is 0 Å². The number of unbranched alkanes of at least 4 members (excludes halogenated alkanes) is 1. The van der Waals surface area contributed by atoms with Gasteiger partial charge < -0.3 is 30.7 Å². The SMILES string of the molecule is [N-]=[N+]=NCCCC#CC[S+](CC[C@H](N)OC=O)C[C@H]1O[C@@H](n2cnc3c(NCC[NH3+])ncnc32)[C@@H](O)C1O. The van der Waals surface area contributed by atoms with E-state index in [1.165, 1.54) is 12.7 Å². The van der Waals surface area contributed by atoms with Gasteiger partial charge >= 0.3 is 0 Å². The van der Waals surface area contributed by atoms with Gasteiger partial charge in [-0.2, -0.15) is 0 Å². The summed E-state index contributed by atoms with van der Waals surface area (Å²) in [5.41, 5.74) is 19.0. The molecule has 8 N–H and O–H groups in total. The summed E-state index contributed by atoms with van der Waals surface area (Å²) in [5.74, 6) is 8.30. The standard InChI is InChI=1S/C22H33N10O5S/c23-6-8-26-20-17-21(28-12-27-20)32(13-29-17)22-19(35)18(34)15(37-22)11-38(10-5-16(24)36-14-33)9-4-2-1-3-7-30-31-25/h12-16,18-19,22,34-35H,1,3,5-11,23-24H2,(H,26,27,28)/q+1/p+1/t15-,16-,18?,19+,22-,38?/m1/s1. The molecule has 0 bridgehead atoms. The van der Waals surface area contributed by atoms with Crippen LogP contribution in [0.25, 0.3) is 21.6 Å². The quantitative estimate of drug-likeness (QED) is 0.0256. The first-order valence-electron chi connectivity index (χ1n) is 12.2. The van der Waals surface area contributed by atoms with Gasteiger partial charge in [0.05, 0.1) is 19.4 Å². The van der Waals surface area contributed by atoms with Crippen LogP contribution in [-0.4, -0.2) is 97.6 Å². The Hall–Kier alpha value is -3.16. The van der Waals surface area contributed by atoms with Gasteiger partial charge in [-0.25, -0.2) is 15.0 Å². The number of anilines is 1. The zero-order chi connectivity index (χ0) is 27.3. The van der Waals surface area contributed by atoms with E-state index >= 15 is 0 Å². The maximum absolute atomic E-state index is 10.9. The van der Waals surface area contributed by atoms with Crippen molar-refractivity contribution in [3.05, 3.63) is 23.1 Å². The molecule has 0 radical (unpaired) electrons. The fourth-order valence-corrected chi connectivity index (χ4v) is 5.91. The van der Waals surface area contributed by atoms with E-state index in [9.17, 15) is 15.0 Å². The minimum Gasteiger partial charge on any atom is -0.449 e. The molecule has 6 atom stereocenters. The third-order valence-corrected chi connectivity index (χ3v) is 7.95. The average Bonchev–Trinajstić information content (AvgIpc) is 3.46. The van der Waals surface area contributed by atoms with Gasteiger partial charge in [-0.05, 0) is 17.9 Å². The number of nitrogens with two attached hydrogens (primary N) is 1. The molecule has 2 aromatic heterocycles. The maximum Gasteiger partial charge on any atom is 0.294 e. The lowest BCUT2D eigenvalue weighted by molar-refractivity contribution is -0.362. The van der Waals surface area contributed by atoms with E-state index in [2.05, 4.69) is 47.9 Å². The second-order valence-electron chi connectivity index (χ2n) is 8.47. The fraction of sp³-hybridized carbons (Fsp3) is 0.636. The molecular weight excluding hydrogens is 516 g/mol. The number of nitrogens with zero attached hydrogens (tertiary/aromatic N) is 7. The van der Waals surface area contributed by atoms with E-state index in [4.69, 9.17) is 20.7 Å². The maximum atomic E-state index is 10.9.